The molecule has 0 aliphatic rings. The molecule has 0 unspecified atom stereocenters. The molecule has 0 aromatic heterocycles. The molecule has 0 radical (unpaired) electrons. The van der Waals surface area contributed by atoms with Gasteiger partial charge in [0, 0.05) is 20.6 Å². The van der Waals surface area contributed by atoms with Crippen molar-refractivity contribution >= 4 is 51.6 Å². The van der Waals surface area contributed by atoms with Crippen molar-refractivity contribution in [1.82, 2.24) is 0 Å². The predicted molar refractivity (Wildman–Crippen MR) is 91.6 cm³/mol. The summed E-state index contributed by atoms with van der Waals surface area (Å²) in [5.41, 5.74) is 0.829. The second kappa shape index (κ2) is 7.41. The first-order chi connectivity index (χ1) is 10.1. The lowest BCUT2D eigenvalue weighted by atomic mass is 10.3. The number of non-ortho nitro benzene ring substituents is 1. The Morgan fingerprint density at radius 1 is 1.19 bits per heavy atom. The third-order valence-corrected chi connectivity index (χ3v) is 4.52. The number of nitro groups is 1. The van der Waals surface area contributed by atoms with Crippen LogP contribution in [0.5, 0.6) is 0 Å². The molecule has 0 fully saturated rings. The van der Waals surface area contributed by atoms with Gasteiger partial charge < -0.3 is 5.32 Å². The molecule has 2 rings (SSSR count). The number of hydrogen-bond acceptors (Lipinski definition) is 4. The topological polar surface area (TPSA) is 72.2 Å². The Balaban J connectivity index is 1.89. The Morgan fingerprint density at radius 2 is 1.86 bits per heavy atom. The molecule has 0 heterocycles. The third-order valence-electron chi connectivity index (χ3n) is 2.57. The van der Waals surface area contributed by atoms with Crippen LogP contribution in [0, 0.1) is 13.7 Å². The minimum atomic E-state index is -0.446. The lowest BCUT2D eigenvalue weighted by Gasteiger charge is -2.07. The number of thioether (sulfide) groups is 1. The number of anilines is 1. The maximum Gasteiger partial charge on any atom is 0.269 e. The number of amides is 1. The van der Waals surface area contributed by atoms with E-state index in [4.69, 9.17) is 0 Å². The van der Waals surface area contributed by atoms with Gasteiger partial charge in [0.1, 0.15) is 0 Å². The van der Waals surface area contributed by atoms with Crippen LogP contribution in [0.3, 0.4) is 0 Å². The molecule has 108 valence electrons. The van der Waals surface area contributed by atoms with Gasteiger partial charge in [-0.15, -0.1) is 11.8 Å². The first-order valence-electron chi connectivity index (χ1n) is 5.98. The van der Waals surface area contributed by atoms with E-state index >= 15 is 0 Å². The van der Waals surface area contributed by atoms with Crippen molar-refractivity contribution in [1.29, 1.82) is 0 Å². The van der Waals surface area contributed by atoms with E-state index in [1.165, 1.54) is 23.9 Å². The first kappa shape index (κ1) is 15.8. The highest BCUT2D eigenvalue weighted by Crippen LogP contribution is 2.22. The molecule has 5 nitrogen and oxygen atoms in total. The van der Waals surface area contributed by atoms with Gasteiger partial charge >= 0.3 is 0 Å². The minimum absolute atomic E-state index is 0.0441. The summed E-state index contributed by atoms with van der Waals surface area (Å²) in [6, 6.07) is 13.7. The van der Waals surface area contributed by atoms with Crippen LogP contribution >= 0.6 is 34.4 Å². The minimum Gasteiger partial charge on any atom is -0.324 e. The zero-order valence-corrected chi connectivity index (χ0v) is 13.8. The van der Waals surface area contributed by atoms with Gasteiger partial charge in [-0.25, -0.2) is 0 Å². The van der Waals surface area contributed by atoms with Gasteiger partial charge in [-0.05, 0) is 46.9 Å². The maximum atomic E-state index is 11.9. The van der Waals surface area contributed by atoms with Gasteiger partial charge in [-0.2, -0.15) is 0 Å². The van der Waals surface area contributed by atoms with Crippen molar-refractivity contribution in [3.05, 3.63) is 62.2 Å². The molecular weight excluding hydrogens is 403 g/mol. The highest BCUT2D eigenvalue weighted by atomic mass is 127. The Morgan fingerprint density at radius 3 is 2.48 bits per heavy atom. The van der Waals surface area contributed by atoms with Crippen molar-refractivity contribution in [2.75, 3.05) is 11.1 Å². The van der Waals surface area contributed by atoms with E-state index in [0.717, 1.165) is 14.2 Å². The second-order valence-electron chi connectivity index (χ2n) is 4.07. The third kappa shape index (κ3) is 4.71. The van der Waals surface area contributed by atoms with E-state index in [2.05, 4.69) is 27.9 Å². The summed E-state index contributed by atoms with van der Waals surface area (Å²) < 4.78 is 0.976. The second-order valence-corrected chi connectivity index (χ2v) is 6.28. The number of hydrogen-bond donors (Lipinski definition) is 1. The molecule has 2 aromatic carbocycles. The molecule has 0 saturated heterocycles. The molecule has 1 N–H and O–H groups in total. The average Bonchev–Trinajstić information content (AvgIpc) is 2.48. The molecule has 0 saturated carbocycles. The van der Waals surface area contributed by atoms with Crippen LogP contribution in [0.4, 0.5) is 11.4 Å². The van der Waals surface area contributed by atoms with E-state index in [1.54, 1.807) is 12.1 Å². The lowest BCUT2D eigenvalue weighted by molar-refractivity contribution is -0.384. The van der Waals surface area contributed by atoms with Crippen molar-refractivity contribution < 1.29 is 9.72 Å². The summed E-state index contributed by atoms with van der Waals surface area (Å²) in [6.07, 6.45) is 0. The molecule has 0 aliphatic heterocycles. The number of para-hydroxylation sites is 1. The van der Waals surface area contributed by atoms with Gasteiger partial charge in [0.25, 0.3) is 5.69 Å². The molecule has 1 amide bonds. The number of nitrogens with one attached hydrogen (secondary N) is 1. The molecule has 0 atom stereocenters. The number of benzene rings is 2. The Bertz CT molecular complexity index is 662. The Hall–Kier alpha value is -1.61. The smallest absolute Gasteiger partial charge is 0.269 e. The molecular formula is C14H11IN2O3S. The summed E-state index contributed by atoms with van der Waals surface area (Å²) in [4.78, 5) is 22.8. The Labute approximate surface area is 139 Å². The zero-order valence-electron chi connectivity index (χ0n) is 10.8. The fourth-order valence-electron chi connectivity index (χ4n) is 1.56. The van der Waals surface area contributed by atoms with Crippen LogP contribution in [-0.4, -0.2) is 16.6 Å². The van der Waals surface area contributed by atoms with Crippen LogP contribution in [0.15, 0.2) is 53.4 Å². The summed E-state index contributed by atoms with van der Waals surface area (Å²) >= 11 is 3.49. The summed E-state index contributed by atoms with van der Waals surface area (Å²) in [7, 11) is 0. The first-order valence-corrected chi connectivity index (χ1v) is 8.04. The number of rotatable bonds is 5. The van der Waals surface area contributed by atoms with E-state index < -0.39 is 4.92 Å². The molecule has 2 aromatic rings. The normalized spacial score (nSPS) is 10.1. The molecule has 0 aliphatic carbocycles. The van der Waals surface area contributed by atoms with Crippen LogP contribution in [-0.2, 0) is 4.79 Å². The fraction of sp³-hybridized carbons (Fsp3) is 0.0714. The molecule has 21 heavy (non-hydrogen) atoms. The fourth-order valence-corrected chi connectivity index (χ4v) is 2.78. The van der Waals surface area contributed by atoms with Crippen molar-refractivity contribution in [2.24, 2.45) is 0 Å². The summed E-state index contributed by atoms with van der Waals surface area (Å²) in [5, 5.41) is 13.4. The van der Waals surface area contributed by atoms with Crippen molar-refractivity contribution in [3.63, 3.8) is 0 Å². The number of carbonyl (C=O) groups excluding carboxylic acids is 1. The highest BCUT2D eigenvalue weighted by molar-refractivity contribution is 14.1. The summed E-state index contributed by atoms with van der Waals surface area (Å²) in [5.74, 6) is 0.144. The zero-order chi connectivity index (χ0) is 15.2. The number of nitrogens with zero attached hydrogens (tertiary/aromatic N) is 1. The van der Waals surface area contributed by atoms with Gasteiger partial charge in [-0.1, -0.05) is 12.1 Å². The number of nitro benzene ring substituents is 1. The van der Waals surface area contributed by atoms with Crippen LogP contribution < -0.4 is 5.32 Å². The molecule has 0 bridgehead atoms. The van der Waals surface area contributed by atoms with E-state index in [9.17, 15) is 14.9 Å². The highest BCUT2D eigenvalue weighted by Gasteiger charge is 2.08. The maximum absolute atomic E-state index is 11.9. The van der Waals surface area contributed by atoms with E-state index in [1.807, 2.05) is 24.3 Å². The Kier molecular flexibility index (Phi) is 5.57. The monoisotopic (exact) mass is 414 g/mol. The van der Waals surface area contributed by atoms with Crippen molar-refractivity contribution in [3.8, 4) is 0 Å². The summed E-state index contributed by atoms with van der Waals surface area (Å²) in [6.45, 7) is 0. The van der Waals surface area contributed by atoms with E-state index in [0.29, 0.717) is 0 Å². The van der Waals surface area contributed by atoms with Crippen LogP contribution in [0.25, 0.3) is 0 Å². The van der Waals surface area contributed by atoms with Crippen LogP contribution in [0.2, 0.25) is 0 Å². The molecule has 7 heteroatoms. The van der Waals surface area contributed by atoms with Gasteiger partial charge in [0.15, 0.2) is 0 Å². The molecule has 0 spiro atoms. The van der Waals surface area contributed by atoms with Crippen molar-refractivity contribution in [2.45, 2.75) is 4.90 Å². The average molecular weight is 414 g/mol. The van der Waals surface area contributed by atoms with Crippen LogP contribution in [0.1, 0.15) is 0 Å². The number of carbonyl (C=O) groups is 1. The van der Waals surface area contributed by atoms with Gasteiger partial charge in [0.05, 0.1) is 16.4 Å². The van der Waals surface area contributed by atoms with Gasteiger partial charge in [-0.3, -0.25) is 14.9 Å². The quantitative estimate of drug-likeness (QED) is 0.348. The lowest BCUT2D eigenvalue weighted by Crippen LogP contribution is -2.14. The van der Waals surface area contributed by atoms with Gasteiger partial charge in [0.2, 0.25) is 5.91 Å². The number of halogens is 1. The predicted octanol–water partition coefficient (Wildman–Crippen LogP) is 3.93. The standard InChI is InChI=1S/C14H11IN2O3S/c15-12-3-1-2-4-13(12)16-14(18)9-21-11-7-5-10(6-8-11)17(19)20/h1-8H,9H2,(H,16,18). The SMILES string of the molecule is O=C(CSc1ccc([N+](=O)[O-])cc1)Nc1ccccc1I. The van der Waals surface area contributed by atoms with E-state index in [-0.39, 0.29) is 17.3 Å². The largest absolute Gasteiger partial charge is 0.324 e.